The number of primary amides is 1. The Bertz CT molecular complexity index is 878. The fraction of sp³-hybridized carbons (Fsp3) is 0. The van der Waals surface area contributed by atoms with Crippen LogP contribution >= 0.6 is 0 Å². The maximum absolute atomic E-state index is 10.4. The summed E-state index contributed by atoms with van der Waals surface area (Å²) in [6.07, 6.45) is 0. The minimum atomic E-state index is -0.379. The first-order valence-electron chi connectivity index (χ1n) is 9.06. The van der Waals surface area contributed by atoms with Gasteiger partial charge in [-0.25, -0.2) is 0 Å². The Balaban J connectivity index is 0.000000211. The summed E-state index contributed by atoms with van der Waals surface area (Å²) in [4.78, 5) is 12.7. The van der Waals surface area contributed by atoms with Crippen molar-refractivity contribution in [1.82, 2.24) is 0 Å². The van der Waals surface area contributed by atoms with Crippen molar-refractivity contribution in [2.24, 2.45) is 5.73 Å². The van der Waals surface area contributed by atoms with Crippen LogP contribution in [0.1, 0.15) is 10.4 Å². The van der Waals surface area contributed by atoms with E-state index in [9.17, 15) is 4.79 Å². The van der Waals surface area contributed by atoms with Gasteiger partial charge >= 0.3 is 0 Å². The van der Waals surface area contributed by atoms with E-state index in [0.29, 0.717) is 5.56 Å². The first-order valence-corrected chi connectivity index (χ1v) is 9.06. The molecule has 0 heterocycles. The van der Waals surface area contributed by atoms with Crippen molar-refractivity contribution in [3.8, 4) is 0 Å². The molecular weight excluding hydrogens is 344 g/mol. The predicted molar refractivity (Wildman–Crippen MR) is 116 cm³/mol. The van der Waals surface area contributed by atoms with Gasteiger partial charge in [0.25, 0.3) is 0 Å². The third kappa shape index (κ3) is 5.08. The van der Waals surface area contributed by atoms with E-state index >= 15 is 0 Å². The van der Waals surface area contributed by atoms with Gasteiger partial charge in [0.15, 0.2) is 0 Å². The average Bonchev–Trinajstić information content (AvgIpc) is 2.77. The van der Waals surface area contributed by atoms with Gasteiger partial charge in [0.1, 0.15) is 0 Å². The zero-order valence-corrected chi connectivity index (χ0v) is 15.5. The summed E-state index contributed by atoms with van der Waals surface area (Å²) in [7, 11) is 0. The summed E-state index contributed by atoms with van der Waals surface area (Å²) in [6, 6.07) is 40.0. The molecule has 0 aliphatic carbocycles. The van der Waals surface area contributed by atoms with E-state index in [-0.39, 0.29) is 5.91 Å². The van der Waals surface area contributed by atoms with E-state index in [1.165, 1.54) is 17.1 Å². The van der Waals surface area contributed by atoms with Crippen molar-refractivity contribution >= 4 is 23.0 Å². The number of benzene rings is 4. The molecule has 4 rings (SSSR count). The molecule has 0 atom stereocenters. The predicted octanol–water partition coefficient (Wildman–Crippen LogP) is 5.94. The number of carbonyl (C=O) groups is 1. The molecule has 0 unspecified atom stereocenters. The maximum atomic E-state index is 10.4. The van der Waals surface area contributed by atoms with Crippen molar-refractivity contribution in [2.45, 2.75) is 0 Å². The van der Waals surface area contributed by atoms with Crippen LogP contribution < -0.4 is 10.6 Å². The highest BCUT2D eigenvalue weighted by atomic mass is 16.1. The number of amides is 1. The van der Waals surface area contributed by atoms with Gasteiger partial charge in [-0.2, -0.15) is 0 Å². The summed E-state index contributed by atoms with van der Waals surface area (Å²) >= 11 is 0. The second kappa shape index (κ2) is 9.74. The van der Waals surface area contributed by atoms with Crippen LogP contribution in [0.15, 0.2) is 121 Å². The Hall–Kier alpha value is -3.85. The van der Waals surface area contributed by atoms with E-state index in [4.69, 9.17) is 5.73 Å². The summed E-state index contributed by atoms with van der Waals surface area (Å²) < 4.78 is 0. The van der Waals surface area contributed by atoms with Gasteiger partial charge in [-0.3, -0.25) is 4.79 Å². The molecule has 4 aromatic rings. The van der Waals surface area contributed by atoms with Crippen molar-refractivity contribution in [2.75, 3.05) is 4.90 Å². The highest BCUT2D eigenvalue weighted by Crippen LogP contribution is 2.33. The van der Waals surface area contributed by atoms with Crippen LogP contribution in [0.2, 0.25) is 0 Å². The first kappa shape index (κ1) is 18.9. The molecular formula is C25H22N2O. The fourth-order valence-corrected chi connectivity index (χ4v) is 2.78. The normalized spacial score (nSPS) is 9.71. The van der Waals surface area contributed by atoms with Gasteiger partial charge in [0.2, 0.25) is 5.91 Å². The van der Waals surface area contributed by atoms with Gasteiger partial charge in [-0.15, -0.1) is 0 Å². The van der Waals surface area contributed by atoms with Crippen LogP contribution in [-0.2, 0) is 0 Å². The lowest BCUT2D eigenvalue weighted by molar-refractivity contribution is 0.100. The van der Waals surface area contributed by atoms with Crippen LogP contribution in [0.5, 0.6) is 0 Å². The smallest absolute Gasteiger partial charge is 0.248 e. The molecule has 28 heavy (non-hydrogen) atoms. The lowest BCUT2D eigenvalue weighted by atomic mass is 10.2. The highest BCUT2D eigenvalue weighted by molar-refractivity contribution is 5.92. The summed E-state index contributed by atoms with van der Waals surface area (Å²) in [5.74, 6) is -0.379. The minimum absolute atomic E-state index is 0.379. The number of carbonyl (C=O) groups excluding carboxylic acids is 1. The third-order valence-electron chi connectivity index (χ3n) is 4.10. The molecule has 4 aromatic carbocycles. The number of nitrogens with zero attached hydrogens (tertiary/aromatic N) is 1. The monoisotopic (exact) mass is 366 g/mol. The third-order valence-corrected chi connectivity index (χ3v) is 4.10. The van der Waals surface area contributed by atoms with Crippen LogP contribution in [0, 0.1) is 0 Å². The van der Waals surface area contributed by atoms with E-state index in [0.717, 1.165) is 0 Å². The second-order valence-electron chi connectivity index (χ2n) is 6.07. The van der Waals surface area contributed by atoms with Gasteiger partial charge in [-0.1, -0.05) is 72.8 Å². The number of anilines is 3. The molecule has 138 valence electrons. The molecule has 0 spiro atoms. The van der Waals surface area contributed by atoms with Crippen molar-refractivity contribution in [3.05, 3.63) is 127 Å². The first-order chi connectivity index (χ1) is 13.8. The molecule has 0 saturated carbocycles. The Labute approximate surface area is 165 Å². The number of para-hydroxylation sites is 3. The minimum Gasteiger partial charge on any atom is -0.366 e. The lowest BCUT2D eigenvalue weighted by Gasteiger charge is -2.25. The Morgan fingerprint density at radius 3 is 1.04 bits per heavy atom. The van der Waals surface area contributed by atoms with Crippen LogP contribution in [0.25, 0.3) is 0 Å². The number of nitrogens with two attached hydrogens (primary N) is 1. The summed E-state index contributed by atoms with van der Waals surface area (Å²) in [5.41, 5.74) is 9.03. The SMILES string of the molecule is NC(=O)c1ccccc1.c1ccc(N(c2ccccc2)c2ccccc2)cc1. The van der Waals surface area contributed by atoms with Crippen molar-refractivity contribution in [3.63, 3.8) is 0 Å². The molecule has 3 heteroatoms. The highest BCUT2D eigenvalue weighted by Gasteiger charge is 2.10. The average molecular weight is 366 g/mol. The van der Waals surface area contributed by atoms with E-state index in [2.05, 4.69) is 77.7 Å². The van der Waals surface area contributed by atoms with Gasteiger partial charge in [-0.05, 0) is 48.5 Å². The summed E-state index contributed by atoms with van der Waals surface area (Å²) in [6.45, 7) is 0. The molecule has 0 aliphatic heterocycles. The summed E-state index contributed by atoms with van der Waals surface area (Å²) in [5, 5.41) is 0. The topological polar surface area (TPSA) is 46.3 Å². The Morgan fingerprint density at radius 1 is 0.500 bits per heavy atom. The van der Waals surface area contributed by atoms with E-state index < -0.39 is 0 Å². The number of rotatable bonds is 4. The number of hydrogen-bond acceptors (Lipinski definition) is 2. The van der Waals surface area contributed by atoms with E-state index in [1.54, 1.807) is 24.3 Å². The molecule has 0 radical (unpaired) electrons. The Morgan fingerprint density at radius 2 is 0.786 bits per heavy atom. The standard InChI is InChI=1S/C18H15N.C7H7NO/c1-4-10-16(11-5-1)19(17-12-6-2-7-13-17)18-14-8-3-9-15-18;8-7(9)6-4-2-1-3-5-6/h1-15H;1-5H,(H2,8,9). The molecule has 0 saturated heterocycles. The fourth-order valence-electron chi connectivity index (χ4n) is 2.78. The largest absolute Gasteiger partial charge is 0.366 e. The quantitative estimate of drug-likeness (QED) is 0.486. The van der Waals surface area contributed by atoms with Crippen LogP contribution in [-0.4, -0.2) is 5.91 Å². The molecule has 0 aromatic heterocycles. The molecule has 1 amide bonds. The van der Waals surface area contributed by atoms with Crippen molar-refractivity contribution < 1.29 is 4.79 Å². The van der Waals surface area contributed by atoms with Gasteiger partial charge in [0, 0.05) is 22.6 Å². The zero-order valence-electron chi connectivity index (χ0n) is 15.5. The van der Waals surface area contributed by atoms with Crippen LogP contribution in [0.3, 0.4) is 0 Å². The zero-order chi connectivity index (χ0) is 19.6. The molecule has 0 fully saturated rings. The van der Waals surface area contributed by atoms with Crippen molar-refractivity contribution in [1.29, 1.82) is 0 Å². The maximum Gasteiger partial charge on any atom is 0.248 e. The van der Waals surface area contributed by atoms with Crippen LogP contribution in [0.4, 0.5) is 17.1 Å². The molecule has 0 bridgehead atoms. The van der Waals surface area contributed by atoms with Gasteiger partial charge in [0.05, 0.1) is 0 Å². The molecule has 2 N–H and O–H groups in total. The second-order valence-corrected chi connectivity index (χ2v) is 6.07. The van der Waals surface area contributed by atoms with E-state index in [1.807, 2.05) is 24.3 Å². The molecule has 0 aliphatic rings. The Kier molecular flexibility index (Phi) is 6.58. The molecule has 3 nitrogen and oxygen atoms in total. The van der Waals surface area contributed by atoms with Gasteiger partial charge < -0.3 is 10.6 Å². The number of hydrogen-bond donors (Lipinski definition) is 1. The lowest BCUT2D eigenvalue weighted by Crippen LogP contribution is -2.09.